The molecule has 1 saturated heterocycles. The molecule has 0 spiro atoms. The predicted molar refractivity (Wildman–Crippen MR) is 106 cm³/mol. The number of hydrogen-bond donors (Lipinski definition) is 3. The fraction of sp³-hybridized carbons (Fsp3) is 0.500. The second-order valence-corrected chi connectivity index (χ2v) is 6.49. The molecule has 0 unspecified atom stereocenters. The number of fused-ring (bicyclic) bond motifs is 1. The number of rotatable bonds is 6. The summed E-state index contributed by atoms with van der Waals surface area (Å²) in [6.45, 7) is 5.33. The maximum atomic E-state index is 12.5. The Balaban J connectivity index is 0.00000261. The van der Waals surface area contributed by atoms with Crippen molar-refractivity contribution in [2.24, 2.45) is 0 Å². The van der Waals surface area contributed by atoms with Crippen LogP contribution in [0.15, 0.2) is 24.3 Å². The lowest BCUT2D eigenvalue weighted by atomic mass is 10.1. The van der Waals surface area contributed by atoms with E-state index in [2.05, 4.69) is 20.9 Å². The Morgan fingerprint density at radius 2 is 1.85 bits per heavy atom. The van der Waals surface area contributed by atoms with E-state index in [9.17, 15) is 14.4 Å². The second kappa shape index (κ2) is 10.2. The highest BCUT2D eigenvalue weighted by molar-refractivity contribution is 6.10. The van der Waals surface area contributed by atoms with Gasteiger partial charge in [-0.05, 0) is 12.1 Å². The van der Waals surface area contributed by atoms with Gasteiger partial charge >= 0.3 is 0 Å². The fourth-order valence-corrected chi connectivity index (χ4v) is 3.19. The van der Waals surface area contributed by atoms with Gasteiger partial charge in [-0.3, -0.25) is 19.3 Å². The summed E-state index contributed by atoms with van der Waals surface area (Å²) in [5, 5.41) is 8.90. The smallest absolute Gasteiger partial charge is 0.244 e. The summed E-state index contributed by atoms with van der Waals surface area (Å²) >= 11 is 0. The van der Waals surface area contributed by atoms with Crippen LogP contribution in [0, 0.1) is 0 Å². The van der Waals surface area contributed by atoms with Crippen LogP contribution in [0.5, 0.6) is 0 Å². The van der Waals surface area contributed by atoms with E-state index in [4.69, 9.17) is 0 Å². The third-order valence-corrected chi connectivity index (χ3v) is 4.60. The number of nitrogens with zero attached hydrogens (tertiary/aromatic N) is 2. The molecular weight excluding hydrogens is 370 g/mol. The lowest BCUT2D eigenvalue weighted by molar-refractivity contribution is -0.125. The molecular formula is C18H26ClN5O3. The van der Waals surface area contributed by atoms with E-state index in [1.165, 1.54) is 4.90 Å². The Morgan fingerprint density at radius 1 is 1.11 bits per heavy atom. The molecule has 2 heterocycles. The SMILES string of the molecule is Cl.O=C(CCC(=O)N1CC(=O)Nc2ccccc21)NCCN1CCNCC1. The van der Waals surface area contributed by atoms with Crippen molar-refractivity contribution in [3.63, 3.8) is 0 Å². The van der Waals surface area contributed by atoms with Gasteiger partial charge in [0.25, 0.3) is 0 Å². The highest BCUT2D eigenvalue weighted by Gasteiger charge is 2.26. The number of anilines is 2. The van der Waals surface area contributed by atoms with Gasteiger partial charge in [0.15, 0.2) is 0 Å². The molecule has 0 atom stereocenters. The Hall–Kier alpha value is -2.16. The van der Waals surface area contributed by atoms with E-state index in [0.29, 0.717) is 17.9 Å². The summed E-state index contributed by atoms with van der Waals surface area (Å²) in [6, 6.07) is 7.17. The van der Waals surface area contributed by atoms with Gasteiger partial charge in [-0.25, -0.2) is 0 Å². The number of nitrogens with one attached hydrogen (secondary N) is 3. The lowest BCUT2D eigenvalue weighted by Crippen LogP contribution is -2.46. The van der Waals surface area contributed by atoms with Crippen molar-refractivity contribution < 1.29 is 14.4 Å². The second-order valence-electron chi connectivity index (χ2n) is 6.49. The molecule has 0 saturated carbocycles. The Kier molecular flexibility index (Phi) is 8.02. The van der Waals surface area contributed by atoms with Crippen molar-refractivity contribution in [3.05, 3.63) is 24.3 Å². The minimum Gasteiger partial charge on any atom is -0.355 e. The molecule has 0 bridgehead atoms. The minimum atomic E-state index is -0.225. The summed E-state index contributed by atoms with van der Waals surface area (Å²) in [4.78, 5) is 40.0. The van der Waals surface area contributed by atoms with E-state index in [0.717, 1.165) is 32.7 Å². The molecule has 1 fully saturated rings. The van der Waals surface area contributed by atoms with Crippen molar-refractivity contribution >= 4 is 41.5 Å². The van der Waals surface area contributed by atoms with Crippen LogP contribution in [0.25, 0.3) is 0 Å². The van der Waals surface area contributed by atoms with Gasteiger partial charge in [-0.2, -0.15) is 0 Å². The van der Waals surface area contributed by atoms with E-state index in [-0.39, 0.29) is 49.5 Å². The summed E-state index contributed by atoms with van der Waals surface area (Å²) in [7, 11) is 0. The van der Waals surface area contributed by atoms with Gasteiger partial charge in [0.05, 0.1) is 11.4 Å². The fourth-order valence-electron chi connectivity index (χ4n) is 3.19. The minimum absolute atomic E-state index is 0. The molecule has 3 N–H and O–H groups in total. The van der Waals surface area contributed by atoms with E-state index in [1.807, 2.05) is 6.07 Å². The summed E-state index contributed by atoms with van der Waals surface area (Å²) in [5.74, 6) is -0.578. The van der Waals surface area contributed by atoms with E-state index >= 15 is 0 Å². The van der Waals surface area contributed by atoms with E-state index < -0.39 is 0 Å². The number of hydrogen-bond acceptors (Lipinski definition) is 5. The quantitative estimate of drug-likeness (QED) is 0.639. The molecule has 0 aliphatic carbocycles. The lowest BCUT2D eigenvalue weighted by Gasteiger charge is -2.29. The van der Waals surface area contributed by atoms with Gasteiger partial charge in [0.2, 0.25) is 17.7 Å². The van der Waals surface area contributed by atoms with Crippen LogP contribution >= 0.6 is 12.4 Å². The highest BCUT2D eigenvalue weighted by atomic mass is 35.5. The van der Waals surface area contributed by atoms with Crippen LogP contribution in [-0.2, 0) is 14.4 Å². The topological polar surface area (TPSA) is 93.8 Å². The van der Waals surface area contributed by atoms with Crippen molar-refractivity contribution in [2.45, 2.75) is 12.8 Å². The first-order valence-electron chi connectivity index (χ1n) is 9.02. The summed E-state index contributed by atoms with van der Waals surface area (Å²) < 4.78 is 0. The molecule has 27 heavy (non-hydrogen) atoms. The van der Waals surface area contributed by atoms with Crippen LogP contribution in [0.1, 0.15) is 12.8 Å². The van der Waals surface area contributed by atoms with Gasteiger partial charge in [0, 0.05) is 52.1 Å². The van der Waals surface area contributed by atoms with Gasteiger partial charge in [-0.15, -0.1) is 12.4 Å². The van der Waals surface area contributed by atoms with Crippen LogP contribution in [0.2, 0.25) is 0 Å². The number of benzene rings is 1. The number of carbonyl (C=O) groups is 3. The van der Waals surface area contributed by atoms with Gasteiger partial charge in [-0.1, -0.05) is 12.1 Å². The Morgan fingerprint density at radius 3 is 2.63 bits per heavy atom. The standard InChI is InChI=1S/C18H25N5O3.ClH/c24-16(20-9-12-22-10-7-19-8-11-22)5-6-18(26)23-13-17(25)21-14-3-1-2-4-15(14)23;/h1-4,19H,5-13H2,(H,20,24)(H,21,25);1H. The Labute approximate surface area is 165 Å². The molecule has 1 aromatic carbocycles. The first-order valence-corrected chi connectivity index (χ1v) is 9.02. The zero-order valence-electron chi connectivity index (χ0n) is 15.2. The van der Waals surface area contributed by atoms with Crippen LogP contribution in [-0.4, -0.2) is 68.4 Å². The molecule has 148 valence electrons. The Bertz CT molecular complexity index is 679. The number of piperazine rings is 1. The van der Waals surface area contributed by atoms with Gasteiger partial charge < -0.3 is 20.9 Å². The summed E-state index contributed by atoms with van der Waals surface area (Å²) in [5.41, 5.74) is 1.30. The number of para-hydroxylation sites is 2. The number of amides is 3. The van der Waals surface area contributed by atoms with Crippen molar-refractivity contribution in [3.8, 4) is 0 Å². The average Bonchev–Trinajstić information content (AvgIpc) is 2.66. The monoisotopic (exact) mass is 395 g/mol. The predicted octanol–water partition coefficient (Wildman–Crippen LogP) is 0.195. The largest absolute Gasteiger partial charge is 0.355 e. The molecule has 3 amide bonds. The summed E-state index contributed by atoms with van der Waals surface area (Å²) in [6.07, 6.45) is 0.210. The number of carbonyl (C=O) groups excluding carboxylic acids is 3. The molecule has 9 heteroatoms. The van der Waals surface area contributed by atoms with Crippen molar-refractivity contribution in [1.29, 1.82) is 0 Å². The molecule has 3 rings (SSSR count). The molecule has 0 radical (unpaired) electrons. The third-order valence-electron chi connectivity index (χ3n) is 4.60. The van der Waals surface area contributed by atoms with Gasteiger partial charge in [0.1, 0.15) is 6.54 Å². The first-order chi connectivity index (χ1) is 12.6. The highest BCUT2D eigenvalue weighted by Crippen LogP contribution is 2.29. The third kappa shape index (κ3) is 5.92. The molecule has 0 aromatic heterocycles. The maximum absolute atomic E-state index is 12.5. The number of halogens is 1. The van der Waals surface area contributed by atoms with Crippen molar-refractivity contribution in [2.75, 3.05) is 56.0 Å². The molecule has 8 nitrogen and oxygen atoms in total. The van der Waals surface area contributed by atoms with Crippen LogP contribution in [0.4, 0.5) is 11.4 Å². The maximum Gasteiger partial charge on any atom is 0.244 e. The average molecular weight is 396 g/mol. The van der Waals surface area contributed by atoms with Crippen molar-refractivity contribution in [1.82, 2.24) is 15.5 Å². The van der Waals surface area contributed by atoms with Crippen LogP contribution < -0.4 is 20.9 Å². The van der Waals surface area contributed by atoms with E-state index in [1.54, 1.807) is 18.2 Å². The van der Waals surface area contributed by atoms with Crippen LogP contribution in [0.3, 0.4) is 0 Å². The molecule has 1 aromatic rings. The molecule has 2 aliphatic heterocycles. The first kappa shape index (κ1) is 21.1. The normalized spacial score (nSPS) is 16.7. The zero-order valence-corrected chi connectivity index (χ0v) is 16.0. The molecule has 2 aliphatic rings. The zero-order chi connectivity index (χ0) is 18.4.